The third kappa shape index (κ3) is 1.81. The SMILES string of the molecule is CC1Cc2c(cccc2-c2ccccc2[N+](=O)[O-])C1=O. The van der Waals surface area contributed by atoms with Crippen molar-refractivity contribution in [1.82, 2.24) is 0 Å². The highest BCUT2D eigenvalue weighted by Gasteiger charge is 2.30. The van der Waals surface area contributed by atoms with E-state index in [4.69, 9.17) is 0 Å². The van der Waals surface area contributed by atoms with Gasteiger partial charge in [-0.3, -0.25) is 14.9 Å². The van der Waals surface area contributed by atoms with Crippen LogP contribution in [-0.4, -0.2) is 10.7 Å². The fourth-order valence-electron chi connectivity index (χ4n) is 2.81. The molecule has 0 bridgehead atoms. The van der Waals surface area contributed by atoms with Crippen molar-refractivity contribution in [3.63, 3.8) is 0 Å². The van der Waals surface area contributed by atoms with Crippen LogP contribution >= 0.6 is 0 Å². The molecule has 0 spiro atoms. The Hall–Kier alpha value is -2.49. The summed E-state index contributed by atoms with van der Waals surface area (Å²) in [4.78, 5) is 22.8. The van der Waals surface area contributed by atoms with E-state index in [-0.39, 0.29) is 22.3 Å². The van der Waals surface area contributed by atoms with Gasteiger partial charge in [-0.05, 0) is 23.6 Å². The van der Waals surface area contributed by atoms with Crippen LogP contribution in [0.3, 0.4) is 0 Å². The Bertz CT molecular complexity index is 721. The van der Waals surface area contributed by atoms with Gasteiger partial charge in [-0.1, -0.05) is 37.3 Å². The van der Waals surface area contributed by atoms with Crippen molar-refractivity contribution in [1.29, 1.82) is 0 Å². The predicted molar refractivity (Wildman–Crippen MR) is 75.7 cm³/mol. The lowest BCUT2D eigenvalue weighted by atomic mass is 9.95. The van der Waals surface area contributed by atoms with Crippen molar-refractivity contribution in [2.45, 2.75) is 13.3 Å². The summed E-state index contributed by atoms with van der Waals surface area (Å²) in [6.07, 6.45) is 0.649. The van der Waals surface area contributed by atoms with Crippen LogP contribution in [0, 0.1) is 16.0 Å². The fraction of sp³-hybridized carbons (Fsp3) is 0.188. The standard InChI is InChI=1S/C16H13NO3/c1-10-9-14-11(6-4-7-13(14)16(10)18)12-5-2-3-8-15(12)17(19)20/h2-8,10H,9H2,1H3. The molecule has 1 unspecified atom stereocenters. The number of benzene rings is 2. The molecular formula is C16H13NO3. The van der Waals surface area contributed by atoms with Gasteiger partial charge in [-0.2, -0.15) is 0 Å². The second-order valence-electron chi connectivity index (χ2n) is 5.08. The summed E-state index contributed by atoms with van der Waals surface area (Å²) in [5, 5.41) is 11.2. The van der Waals surface area contributed by atoms with Crippen molar-refractivity contribution in [2.75, 3.05) is 0 Å². The van der Waals surface area contributed by atoms with Crippen LogP contribution < -0.4 is 0 Å². The second kappa shape index (κ2) is 4.56. The van der Waals surface area contributed by atoms with E-state index < -0.39 is 0 Å². The van der Waals surface area contributed by atoms with Gasteiger partial charge in [-0.25, -0.2) is 0 Å². The molecule has 0 N–H and O–H groups in total. The average molecular weight is 267 g/mol. The molecular weight excluding hydrogens is 254 g/mol. The number of carbonyl (C=O) groups is 1. The Morgan fingerprint density at radius 2 is 1.70 bits per heavy atom. The Balaban J connectivity index is 2.24. The maximum absolute atomic E-state index is 12.1. The molecule has 0 fully saturated rings. The first-order valence-electron chi connectivity index (χ1n) is 6.49. The largest absolute Gasteiger partial charge is 0.294 e. The third-order valence-corrected chi connectivity index (χ3v) is 3.79. The minimum Gasteiger partial charge on any atom is -0.294 e. The number of nitrogens with zero attached hydrogens (tertiary/aromatic N) is 1. The van der Waals surface area contributed by atoms with E-state index in [0.29, 0.717) is 17.5 Å². The molecule has 0 saturated carbocycles. The van der Waals surface area contributed by atoms with Crippen molar-refractivity contribution >= 4 is 11.5 Å². The number of para-hydroxylation sites is 1. The smallest absolute Gasteiger partial charge is 0.277 e. The quantitative estimate of drug-likeness (QED) is 0.616. The molecule has 0 amide bonds. The van der Waals surface area contributed by atoms with Crippen LogP contribution in [0.2, 0.25) is 0 Å². The summed E-state index contributed by atoms with van der Waals surface area (Å²) in [6.45, 7) is 1.89. The van der Waals surface area contributed by atoms with Gasteiger partial charge in [0.25, 0.3) is 5.69 Å². The molecule has 0 saturated heterocycles. The number of hydrogen-bond acceptors (Lipinski definition) is 3. The lowest BCUT2D eigenvalue weighted by molar-refractivity contribution is -0.384. The number of ketones is 1. The zero-order valence-corrected chi connectivity index (χ0v) is 11.0. The summed E-state index contributed by atoms with van der Waals surface area (Å²) in [5.41, 5.74) is 3.09. The summed E-state index contributed by atoms with van der Waals surface area (Å²) < 4.78 is 0. The molecule has 0 aliphatic heterocycles. The van der Waals surface area contributed by atoms with Gasteiger partial charge >= 0.3 is 0 Å². The Kier molecular flexibility index (Phi) is 2.86. The van der Waals surface area contributed by atoms with E-state index in [1.54, 1.807) is 30.3 Å². The zero-order chi connectivity index (χ0) is 14.3. The first-order chi connectivity index (χ1) is 9.59. The van der Waals surface area contributed by atoms with Crippen LogP contribution in [-0.2, 0) is 6.42 Å². The molecule has 3 rings (SSSR count). The van der Waals surface area contributed by atoms with Gasteiger partial charge in [0.1, 0.15) is 0 Å². The highest BCUT2D eigenvalue weighted by molar-refractivity contribution is 6.04. The molecule has 2 aromatic rings. The number of Topliss-reactive ketones (excluding diaryl/α,β-unsaturated/α-hetero) is 1. The molecule has 2 aromatic carbocycles. The molecule has 0 aromatic heterocycles. The number of nitro benzene ring substituents is 1. The zero-order valence-electron chi connectivity index (χ0n) is 11.0. The topological polar surface area (TPSA) is 60.2 Å². The summed E-state index contributed by atoms with van der Waals surface area (Å²) >= 11 is 0. The van der Waals surface area contributed by atoms with Crippen LogP contribution in [0.15, 0.2) is 42.5 Å². The van der Waals surface area contributed by atoms with E-state index in [9.17, 15) is 14.9 Å². The predicted octanol–water partition coefficient (Wildman–Crippen LogP) is 3.64. The minimum atomic E-state index is -0.380. The van der Waals surface area contributed by atoms with E-state index in [1.807, 2.05) is 13.0 Å². The summed E-state index contributed by atoms with van der Waals surface area (Å²) in [5.74, 6) is 0.0781. The highest BCUT2D eigenvalue weighted by Crippen LogP contribution is 2.38. The molecule has 0 radical (unpaired) electrons. The van der Waals surface area contributed by atoms with E-state index >= 15 is 0 Å². The number of carbonyl (C=O) groups excluding carboxylic acids is 1. The van der Waals surface area contributed by atoms with E-state index in [0.717, 1.165) is 11.1 Å². The molecule has 4 nitrogen and oxygen atoms in total. The van der Waals surface area contributed by atoms with Gasteiger partial charge in [0.2, 0.25) is 0 Å². The third-order valence-electron chi connectivity index (χ3n) is 3.79. The highest BCUT2D eigenvalue weighted by atomic mass is 16.6. The van der Waals surface area contributed by atoms with Gasteiger partial charge in [0, 0.05) is 17.5 Å². The molecule has 4 heteroatoms. The van der Waals surface area contributed by atoms with Crippen molar-refractivity contribution < 1.29 is 9.72 Å². The Morgan fingerprint density at radius 3 is 2.45 bits per heavy atom. The van der Waals surface area contributed by atoms with Gasteiger partial charge in [0.15, 0.2) is 5.78 Å². The van der Waals surface area contributed by atoms with Crippen molar-refractivity contribution in [2.24, 2.45) is 5.92 Å². The van der Waals surface area contributed by atoms with Gasteiger partial charge in [-0.15, -0.1) is 0 Å². The second-order valence-corrected chi connectivity index (χ2v) is 5.08. The van der Waals surface area contributed by atoms with E-state index in [1.165, 1.54) is 6.07 Å². The Labute approximate surface area is 116 Å². The van der Waals surface area contributed by atoms with E-state index in [2.05, 4.69) is 0 Å². The van der Waals surface area contributed by atoms with Gasteiger partial charge in [0.05, 0.1) is 10.5 Å². The number of rotatable bonds is 2. The lowest BCUT2D eigenvalue weighted by Crippen LogP contribution is -2.02. The number of hydrogen-bond donors (Lipinski definition) is 0. The summed E-state index contributed by atoms with van der Waals surface area (Å²) in [6, 6.07) is 12.1. The maximum atomic E-state index is 12.1. The maximum Gasteiger partial charge on any atom is 0.277 e. The fourth-order valence-corrected chi connectivity index (χ4v) is 2.81. The number of nitro groups is 1. The van der Waals surface area contributed by atoms with Gasteiger partial charge < -0.3 is 0 Å². The first kappa shape index (κ1) is 12.5. The first-order valence-corrected chi connectivity index (χ1v) is 6.49. The number of fused-ring (bicyclic) bond motifs is 1. The molecule has 20 heavy (non-hydrogen) atoms. The minimum absolute atomic E-state index is 0.0473. The summed E-state index contributed by atoms with van der Waals surface area (Å²) in [7, 11) is 0. The Morgan fingerprint density at radius 1 is 1.05 bits per heavy atom. The monoisotopic (exact) mass is 267 g/mol. The molecule has 100 valence electrons. The van der Waals surface area contributed by atoms with Crippen LogP contribution in [0.1, 0.15) is 22.8 Å². The lowest BCUT2D eigenvalue weighted by Gasteiger charge is -2.08. The van der Waals surface area contributed by atoms with Crippen LogP contribution in [0.5, 0.6) is 0 Å². The van der Waals surface area contributed by atoms with Crippen LogP contribution in [0.25, 0.3) is 11.1 Å². The van der Waals surface area contributed by atoms with Crippen molar-refractivity contribution in [3.8, 4) is 11.1 Å². The average Bonchev–Trinajstić information content (AvgIpc) is 2.74. The normalized spacial score (nSPS) is 17.1. The molecule has 1 aliphatic carbocycles. The van der Waals surface area contributed by atoms with Crippen LogP contribution in [0.4, 0.5) is 5.69 Å². The molecule has 1 aliphatic rings. The molecule has 1 atom stereocenters. The van der Waals surface area contributed by atoms with Crippen molar-refractivity contribution in [3.05, 3.63) is 63.7 Å². The molecule has 0 heterocycles.